The Morgan fingerprint density at radius 1 is 1.41 bits per heavy atom. The lowest BCUT2D eigenvalue weighted by molar-refractivity contribution is -0.271. The fraction of sp³-hybridized carbons (Fsp3) is 0.714. The van der Waals surface area contributed by atoms with E-state index in [1.807, 2.05) is 0 Å². The molecular weight excluding hydrogens is 299 g/mol. The minimum atomic E-state index is -4.99. The predicted octanol–water partition coefficient (Wildman–Crippen LogP) is 2.01. The Morgan fingerprint density at radius 2 is 2.05 bits per heavy atom. The molecule has 1 aromatic heterocycles. The highest BCUT2D eigenvalue weighted by atomic mass is 19.4. The number of nitrogens with zero attached hydrogens (tertiary/aromatic N) is 2. The first-order valence-corrected chi connectivity index (χ1v) is 7.30. The van der Waals surface area contributed by atoms with Crippen LogP contribution in [0.15, 0.2) is 12.4 Å². The molecule has 2 N–H and O–H groups in total. The van der Waals surface area contributed by atoms with E-state index in [9.17, 15) is 23.1 Å². The van der Waals surface area contributed by atoms with Crippen LogP contribution in [0.4, 0.5) is 13.2 Å². The van der Waals surface area contributed by atoms with Gasteiger partial charge in [0.05, 0.1) is 6.42 Å². The molecule has 1 amide bonds. The molecule has 2 rings (SSSR count). The number of alkyl halides is 3. The molecule has 0 aliphatic heterocycles. The monoisotopic (exact) mass is 319 g/mol. The van der Waals surface area contributed by atoms with E-state index < -0.39 is 29.9 Å². The van der Waals surface area contributed by atoms with E-state index in [1.54, 1.807) is 0 Å². The Hall–Kier alpha value is -1.57. The van der Waals surface area contributed by atoms with Crippen LogP contribution < -0.4 is 5.32 Å². The van der Waals surface area contributed by atoms with Crippen molar-refractivity contribution < 1.29 is 23.1 Å². The van der Waals surface area contributed by atoms with E-state index in [2.05, 4.69) is 10.3 Å². The number of carbonyl (C=O) groups excluding carboxylic acids is 1. The molecule has 0 radical (unpaired) electrons. The van der Waals surface area contributed by atoms with Gasteiger partial charge in [-0.05, 0) is 12.8 Å². The van der Waals surface area contributed by atoms with Crippen LogP contribution in [0.1, 0.15) is 44.3 Å². The van der Waals surface area contributed by atoms with Crippen molar-refractivity contribution in [1.82, 2.24) is 14.9 Å². The van der Waals surface area contributed by atoms with Crippen molar-refractivity contribution in [1.29, 1.82) is 0 Å². The summed E-state index contributed by atoms with van der Waals surface area (Å²) in [5.41, 5.74) is -3.29. The molecule has 5 nitrogen and oxygen atoms in total. The van der Waals surface area contributed by atoms with Crippen molar-refractivity contribution in [2.45, 2.75) is 56.3 Å². The first-order chi connectivity index (χ1) is 10.2. The van der Waals surface area contributed by atoms with Crippen LogP contribution >= 0.6 is 0 Å². The largest absolute Gasteiger partial charge is 0.425 e. The quantitative estimate of drug-likeness (QED) is 0.892. The van der Waals surface area contributed by atoms with Gasteiger partial charge in [-0.15, -0.1) is 0 Å². The van der Waals surface area contributed by atoms with Crippen LogP contribution in [0.25, 0.3) is 0 Å². The molecule has 0 aromatic carbocycles. The van der Waals surface area contributed by atoms with Gasteiger partial charge in [-0.2, -0.15) is 13.2 Å². The predicted molar refractivity (Wildman–Crippen MR) is 72.8 cm³/mol. The lowest BCUT2D eigenvalue weighted by Crippen LogP contribution is -2.49. The molecule has 1 atom stereocenters. The van der Waals surface area contributed by atoms with Crippen molar-refractivity contribution in [2.75, 3.05) is 0 Å². The van der Waals surface area contributed by atoms with Crippen LogP contribution in [0.3, 0.4) is 0 Å². The third kappa shape index (κ3) is 3.43. The maximum absolute atomic E-state index is 13.3. The molecule has 1 aromatic rings. The van der Waals surface area contributed by atoms with Gasteiger partial charge in [0.1, 0.15) is 0 Å². The van der Waals surface area contributed by atoms with Gasteiger partial charge in [0.25, 0.3) is 0 Å². The lowest BCUT2D eigenvalue weighted by Gasteiger charge is -2.30. The number of imidazole rings is 1. The molecule has 1 aliphatic carbocycles. The van der Waals surface area contributed by atoms with Crippen LogP contribution in [0, 0.1) is 0 Å². The number of carbonyl (C=O) groups is 1. The van der Waals surface area contributed by atoms with Crippen LogP contribution in [0.2, 0.25) is 0 Å². The molecule has 1 fully saturated rings. The number of nitrogens with one attached hydrogen (secondary N) is 1. The fourth-order valence-electron chi connectivity index (χ4n) is 2.83. The van der Waals surface area contributed by atoms with Crippen LogP contribution in [-0.2, 0) is 17.4 Å². The van der Waals surface area contributed by atoms with Gasteiger partial charge >= 0.3 is 6.18 Å². The Kier molecular flexibility index (Phi) is 4.79. The van der Waals surface area contributed by atoms with Gasteiger partial charge in [0.2, 0.25) is 11.5 Å². The average Bonchev–Trinajstić information content (AvgIpc) is 2.85. The number of aromatic nitrogens is 2. The first kappa shape index (κ1) is 16.8. The van der Waals surface area contributed by atoms with Crippen molar-refractivity contribution >= 4 is 5.91 Å². The molecule has 1 aliphatic rings. The Morgan fingerprint density at radius 3 is 2.55 bits per heavy atom. The number of hydrogen-bond donors (Lipinski definition) is 2. The minimum absolute atomic E-state index is 0.111. The molecule has 1 unspecified atom stereocenters. The van der Waals surface area contributed by atoms with E-state index in [0.29, 0.717) is 0 Å². The summed E-state index contributed by atoms with van der Waals surface area (Å²) in [4.78, 5) is 15.5. The van der Waals surface area contributed by atoms with E-state index >= 15 is 0 Å². The second-order valence-corrected chi connectivity index (χ2v) is 5.80. The summed E-state index contributed by atoms with van der Waals surface area (Å²) in [6, 6.07) is -0.111. The third-order valence-corrected chi connectivity index (χ3v) is 4.05. The minimum Gasteiger partial charge on any atom is -0.374 e. The number of rotatable bonds is 4. The molecule has 1 saturated carbocycles. The highest BCUT2D eigenvalue weighted by Gasteiger charge is 2.58. The zero-order valence-electron chi connectivity index (χ0n) is 12.4. The van der Waals surface area contributed by atoms with Gasteiger partial charge in [-0.25, -0.2) is 4.98 Å². The van der Waals surface area contributed by atoms with Crippen molar-refractivity contribution in [3.8, 4) is 0 Å². The fourth-order valence-corrected chi connectivity index (χ4v) is 2.83. The number of halogens is 3. The Labute approximate surface area is 126 Å². The second-order valence-electron chi connectivity index (χ2n) is 5.80. The number of aryl methyl sites for hydroxylation is 1. The zero-order valence-corrected chi connectivity index (χ0v) is 12.4. The summed E-state index contributed by atoms with van der Waals surface area (Å²) in [5, 5.41) is 12.7. The van der Waals surface area contributed by atoms with Gasteiger partial charge in [-0.1, -0.05) is 19.3 Å². The normalized spacial score (nSPS) is 19.7. The number of aliphatic hydroxyl groups is 1. The van der Waals surface area contributed by atoms with Gasteiger partial charge in [-0.3, -0.25) is 4.79 Å². The summed E-state index contributed by atoms with van der Waals surface area (Å²) >= 11 is 0. The first-order valence-electron chi connectivity index (χ1n) is 7.30. The van der Waals surface area contributed by atoms with Gasteiger partial charge in [0.15, 0.2) is 5.82 Å². The number of amides is 1. The van der Waals surface area contributed by atoms with Gasteiger partial charge < -0.3 is 15.0 Å². The molecule has 0 saturated heterocycles. The Bertz CT molecular complexity index is 524. The van der Waals surface area contributed by atoms with E-state index in [1.165, 1.54) is 13.2 Å². The highest BCUT2D eigenvalue weighted by molar-refractivity contribution is 5.77. The molecule has 124 valence electrons. The standard InChI is InChI=1S/C14H20F3N3O2/c1-20-8-7-18-12(20)13(22,14(15,16)17)9-11(21)19-10-5-3-2-4-6-10/h7-8,10,22H,2-6,9H2,1H3,(H,19,21). The van der Waals surface area contributed by atoms with Crippen molar-refractivity contribution in [3.63, 3.8) is 0 Å². The van der Waals surface area contributed by atoms with E-state index in [-0.39, 0.29) is 6.04 Å². The average molecular weight is 319 g/mol. The molecule has 22 heavy (non-hydrogen) atoms. The van der Waals surface area contributed by atoms with Crippen molar-refractivity contribution in [2.24, 2.45) is 7.05 Å². The summed E-state index contributed by atoms with van der Waals surface area (Å²) in [7, 11) is 1.35. The smallest absolute Gasteiger partial charge is 0.374 e. The molecule has 1 heterocycles. The highest BCUT2D eigenvalue weighted by Crippen LogP contribution is 2.40. The summed E-state index contributed by atoms with van der Waals surface area (Å²) in [6.07, 6.45) is 0.884. The van der Waals surface area contributed by atoms with Gasteiger partial charge in [0, 0.05) is 25.5 Å². The summed E-state index contributed by atoms with van der Waals surface area (Å²) in [6.45, 7) is 0. The van der Waals surface area contributed by atoms with Crippen molar-refractivity contribution in [3.05, 3.63) is 18.2 Å². The maximum atomic E-state index is 13.3. The Balaban J connectivity index is 2.13. The molecular formula is C14H20F3N3O2. The van der Waals surface area contributed by atoms with Crippen LogP contribution in [-0.4, -0.2) is 32.8 Å². The third-order valence-electron chi connectivity index (χ3n) is 4.05. The molecule has 0 spiro atoms. The second kappa shape index (κ2) is 6.28. The topological polar surface area (TPSA) is 67.1 Å². The lowest BCUT2D eigenvalue weighted by atomic mass is 9.93. The van der Waals surface area contributed by atoms with Crippen LogP contribution in [0.5, 0.6) is 0 Å². The molecule has 8 heteroatoms. The maximum Gasteiger partial charge on any atom is 0.425 e. The van der Waals surface area contributed by atoms with E-state index in [0.717, 1.165) is 42.9 Å². The number of hydrogen-bond acceptors (Lipinski definition) is 3. The molecule has 0 bridgehead atoms. The summed E-state index contributed by atoms with van der Waals surface area (Å²) < 4.78 is 41.0. The summed E-state index contributed by atoms with van der Waals surface area (Å²) in [5.74, 6) is -1.39. The van der Waals surface area contributed by atoms with E-state index in [4.69, 9.17) is 0 Å². The SMILES string of the molecule is Cn1ccnc1C(O)(CC(=O)NC1CCCCC1)C(F)(F)F. The zero-order chi connectivity index (χ0) is 16.4.